The highest BCUT2D eigenvalue weighted by molar-refractivity contribution is 5.84. The van der Waals surface area contributed by atoms with Crippen molar-refractivity contribution in [1.29, 1.82) is 0 Å². The summed E-state index contributed by atoms with van der Waals surface area (Å²) >= 11 is 0. The third-order valence-electron chi connectivity index (χ3n) is 2.51. The van der Waals surface area contributed by atoms with Crippen molar-refractivity contribution < 1.29 is 9.59 Å². The minimum atomic E-state index is -0.552. The summed E-state index contributed by atoms with van der Waals surface area (Å²) in [5.41, 5.74) is 4.94. The van der Waals surface area contributed by atoms with Crippen LogP contribution < -0.4 is 16.4 Å². The van der Waals surface area contributed by atoms with Gasteiger partial charge in [0.15, 0.2) is 0 Å². The van der Waals surface area contributed by atoms with Gasteiger partial charge in [-0.25, -0.2) is 4.79 Å². The first-order valence-electron chi connectivity index (χ1n) is 5.59. The van der Waals surface area contributed by atoms with Gasteiger partial charge in [-0.1, -0.05) is 13.8 Å². The molecule has 4 N–H and O–H groups in total. The lowest BCUT2D eigenvalue weighted by atomic mass is 10.2. The molecule has 92 valence electrons. The number of nitrogens with zero attached hydrogens (tertiary/aromatic N) is 1. The maximum atomic E-state index is 11.8. The summed E-state index contributed by atoms with van der Waals surface area (Å²) in [7, 11) is 0. The van der Waals surface area contributed by atoms with E-state index in [1.165, 1.54) is 0 Å². The van der Waals surface area contributed by atoms with Crippen molar-refractivity contribution in [2.75, 3.05) is 19.6 Å². The van der Waals surface area contributed by atoms with Crippen molar-refractivity contribution in [3.8, 4) is 0 Å². The van der Waals surface area contributed by atoms with Crippen LogP contribution in [0.3, 0.4) is 0 Å². The van der Waals surface area contributed by atoms with Crippen LogP contribution in [-0.4, -0.2) is 48.6 Å². The zero-order valence-corrected chi connectivity index (χ0v) is 9.82. The summed E-state index contributed by atoms with van der Waals surface area (Å²) in [4.78, 5) is 24.0. The minimum Gasteiger partial charge on any atom is -0.352 e. The van der Waals surface area contributed by atoms with Crippen molar-refractivity contribution in [2.45, 2.75) is 32.4 Å². The van der Waals surface area contributed by atoms with Crippen LogP contribution in [0.5, 0.6) is 0 Å². The van der Waals surface area contributed by atoms with Crippen LogP contribution in [0.1, 0.15) is 20.3 Å². The molecule has 0 saturated carbocycles. The number of nitrogens with one attached hydrogen (secondary N) is 2. The Bertz CT molecular complexity index is 268. The summed E-state index contributed by atoms with van der Waals surface area (Å²) in [5.74, 6) is 0.111. The second-order valence-electron chi connectivity index (χ2n) is 4.28. The van der Waals surface area contributed by atoms with Gasteiger partial charge in [0.25, 0.3) is 0 Å². The summed E-state index contributed by atoms with van der Waals surface area (Å²) in [6.07, 6.45) is 0.827. The fourth-order valence-electron chi connectivity index (χ4n) is 1.83. The predicted octanol–water partition coefficient (Wildman–Crippen LogP) is -0.746. The summed E-state index contributed by atoms with van der Waals surface area (Å²) in [5, 5.41) is 5.69. The smallest absolute Gasteiger partial charge is 0.312 e. The molecule has 0 spiro atoms. The molecule has 1 unspecified atom stereocenters. The third-order valence-corrected chi connectivity index (χ3v) is 2.51. The van der Waals surface area contributed by atoms with E-state index < -0.39 is 6.03 Å². The van der Waals surface area contributed by atoms with Gasteiger partial charge in [0.1, 0.15) is 0 Å². The average molecular weight is 228 g/mol. The lowest BCUT2D eigenvalue weighted by molar-refractivity contribution is -0.129. The second-order valence-corrected chi connectivity index (χ2v) is 4.28. The van der Waals surface area contributed by atoms with Crippen molar-refractivity contribution >= 4 is 11.9 Å². The Morgan fingerprint density at radius 2 is 2.31 bits per heavy atom. The number of hydrogen-bond acceptors (Lipinski definition) is 3. The molecule has 1 atom stereocenters. The highest BCUT2D eigenvalue weighted by atomic mass is 16.2. The van der Waals surface area contributed by atoms with E-state index >= 15 is 0 Å². The molecular formula is C10H20N4O2. The molecule has 0 aliphatic carbocycles. The first kappa shape index (κ1) is 12.8. The van der Waals surface area contributed by atoms with Gasteiger partial charge >= 0.3 is 6.03 Å². The van der Waals surface area contributed by atoms with Gasteiger partial charge in [-0.2, -0.15) is 0 Å². The van der Waals surface area contributed by atoms with Crippen molar-refractivity contribution in [3.63, 3.8) is 0 Å². The van der Waals surface area contributed by atoms with Crippen LogP contribution in [0.15, 0.2) is 0 Å². The molecule has 6 nitrogen and oxygen atoms in total. The summed E-state index contributed by atoms with van der Waals surface area (Å²) < 4.78 is 0. The van der Waals surface area contributed by atoms with Gasteiger partial charge in [-0.15, -0.1) is 0 Å². The van der Waals surface area contributed by atoms with Crippen LogP contribution in [0, 0.1) is 0 Å². The highest BCUT2D eigenvalue weighted by Crippen LogP contribution is 2.10. The van der Waals surface area contributed by atoms with E-state index in [2.05, 4.69) is 10.6 Å². The molecular weight excluding hydrogens is 208 g/mol. The molecule has 0 aromatic rings. The van der Waals surface area contributed by atoms with E-state index in [-0.39, 0.29) is 11.9 Å². The first-order valence-corrected chi connectivity index (χ1v) is 5.59. The van der Waals surface area contributed by atoms with Gasteiger partial charge < -0.3 is 21.3 Å². The average Bonchev–Trinajstić information content (AvgIpc) is 2.48. The van der Waals surface area contributed by atoms with Crippen molar-refractivity contribution in [2.24, 2.45) is 5.73 Å². The van der Waals surface area contributed by atoms with Gasteiger partial charge in [-0.3, -0.25) is 4.79 Å². The number of carbonyl (C=O) groups excluding carboxylic acids is 2. The van der Waals surface area contributed by atoms with E-state index in [4.69, 9.17) is 5.73 Å². The fraction of sp³-hybridized carbons (Fsp3) is 0.800. The normalized spacial score (nSPS) is 20.6. The molecule has 3 amide bonds. The molecule has 0 bridgehead atoms. The first-order chi connectivity index (χ1) is 7.50. The molecule has 1 aliphatic rings. The molecule has 1 heterocycles. The standard InChI is InChI=1S/C10H20N4O2/c1-7(2)13-8-3-5-14(9(8)15)6-4-12-10(11)16/h7-8,13H,3-6H2,1-2H3,(H3,11,12,16). The molecule has 1 fully saturated rings. The van der Waals surface area contributed by atoms with Gasteiger partial charge in [0.2, 0.25) is 5.91 Å². The number of amides is 3. The molecule has 0 radical (unpaired) electrons. The monoisotopic (exact) mass is 228 g/mol. The van der Waals surface area contributed by atoms with Crippen LogP contribution in [0.25, 0.3) is 0 Å². The molecule has 0 aromatic heterocycles. The molecule has 1 saturated heterocycles. The summed E-state index contributed by atoms with van der Waals surface area (Å²) in [6, 6.07) is -0.324. The maximum Gasteiger partial charge on any atom is 0.312 e. The van der Waals surface area contributed by atoms with E-state index in [0.717, 1.165) is 13.0 Å². The number of hydrogen-bond donors (Lipinski definition) is 3. The zero-order chi connectivity index (χ0) is 12.1. The van der Waals surface area contributed by atoms with Gasteiger partial charge in [0.05, 0.1) is 6.04 Å². The number of urea groups is 1. The number of nitrogens with two attached hydrogens (primary N) is 1. The largest absolute Gasteiger partial charge is 0.352 e. The topological polar surface area (TPSA) is 87.5 Å². The Balaban J connectivity index is 2.30. The second kappa shape index (κ2) is 5.69. The Hall–Kier alpha value is -1.30. The Morgan fingerprint density at radius 3 is 2.88 bits per heavy atom. The van der Waals surface area contributed by atoms with E-state index in [1.54, 1.807) is 4.90 Å². The third kappa shape index (κ3) is 3.69. The van der Waals surface area contributed by atoms with Crippen LogP contribution >= 0.6 is 0 Å². The number of carbonyl (C=O) groups is 2. The Morgan fingerprint density at radius 1 is 1.62 bits per heavy atom. The molecule has 1 rings (SSSR count). The number of likely N-dealkylation sites (tertiary alicyclic amines) is 1. The Labute approximate surface area is 95.5 Å². The zero-order valence-electron chi connectivity index (χ0n) is 9.82. The van der Waals surface area contributed by atoms with Crippen LogP contribution in [0.2, 0.25) is 0 Å². The van der Waals surface area contributed by atoms with Crippen molar-refractivity contribution in [3.05, 3.63) is 0 Å². The van der Waals surface area contributed by atoms with Crippen molar-refractivity contribution in [1.82, 2.24) is 15.5 Å². The number of rotatable bonds is 5. The molecule has 6 heteroatoms. The van der Waals surface area contributed by atoms with Gasteiger partial charge in [0, 0.05) is 25.7 Å². The minimum absolute atomic E-state index is 0.0754. The van der Waals surface area contributed by atoms with Crippen LogP contribution in [-0.2, 0) is 4.79 Å². The predicted molar refractivity (Wildman–Crippen MR) is 60.8 cm³/mol. The van der Waals surface area contributed by atoms with Gasteiger partial charge in [-0.05, 0) is 6.42 Å². The maximum absolute atomic E-state index is 11.8. The highest BCUT2D eigenvalue weighted by Gasteiger charge is 2.31. The van der Waals surface area contributed by atoms with E-state index in [0.29, 0.717) is 19.1 Å². The van der Waals surface area contributed by atoms with E-state index in [9.17, 15) is 9.59 Å². The summed E-state index contributed by atoms with van der Waals surface area (Å²) in [6.45, 7) is 5.71. The molecule has 0 aromatic carbocycles. The molecule has 16 heavy (non-hydrogen) atoms. The SMILES string of the molecule is CC(C)NC1CCN(CCNC(N)=O)C1=O. The quantitative estimate of drug-likeness (QED) is 0.579. The van der Waals surface area contributed by atoms with E-state index in [1.807, 2.05) is 13.8 Å². The lowest BCUT2D eigenvalue weighted by Crippen LogP contribution is -2.43. The van der Waals surface area contributed by atoms with Crippen LogP contribution in [0.4, 0.5) is 4.79 Å². The lowest BCUT2D eigenvalue weighted by Gasteiger charge is -2.18. The Kier molecular flexibility index (Phi) is 4.54. The molecule has 1 aliphatic heterocycles. The fourth-order valence-corrected chi connectivity index (χ4v) is 1.83. The number of primary amides is 1.